The summed E-state index contributed by atoms with van der Waals surface area (Å²) in [5, 5.41) is 0.472. The van der Waals surface area contributed by atoms with E-state index in [1.165, 1.54) is 12.8 Å². The van der Waals surface area contributed by atoms with Gasteiger partial charge in [-0.25, -0.2) is 4.98 Å². The van der Waals surface area contributed by atoms with E-state index in [9.17, 15) is 0 Å². The Balaban J connectivity index is 2.16. The van der Waals surface area contributed by atoms with E-state index in [4.69, 9.17) is 17.3 Å². The van der Waals surface area contributed by atoms with Crippen LogP contribution in [0.2, 0.25) is 5.15 Å². The molecular formula is C11H16ClN3. The van der Waals surface area contributed by atoms with Gasteiger partial charge in [0.15, 0.2) is 0 Å². The third-order valence-corrected chi connectivity index (χ3v) is 2.88. The van der Waals surface area contributed by atoms with Gasteiger partial charge in [-0.3, -0.25) is 0 Å². The van der Waals surface area contributed by atoms with Gasteiger partial charge < -0.3 is 10.6 Å². The van der Waals surface area contributed by atoms with Crippen LogP contribution in [0, 0.1) is 5.92 Å². The summed E-state index contributed by atoms with van der Waals surface area (Å²) in [5.74, 6) is 1.74. The number of nitrogens with two attached hydrogens (primary N) is 1. The molecule has 1 aromatic rings. The normalized spacial score (nSPS) is 15.3. The molecule has 1 aliphatic carbocycles. The summed E-state index contributed by atoms with van der Waals surface area (Å²) in [5.41, 5.74) is 6.43. The Kier molecular flexibility index (Phi) is 3.00. The maximum absolute atomic E-state index is 5.89. The lowest BCUT2D eigenvalue weighted by Gasteiger charge is -2.22. The van der Waals surface area contributed by atoms with Gasteiger partial charge in [0.05, 0.1) is 0 Å². The van der Waals surface area contributed by atoms with E-state index in [0.717, 1.165) is 24.8 Å². The number of halogens is 1. The van der Waals surface area contributed by atoms with Crippen LogP contribution in [0.1, 0.15) is 19.8 Å². The van der Waals surface area contributed by atoms with Gasteiger partial charge in [0.25, 0.3) is 0 Å². The van der Waals surface area contributed by atoms with E-state index in [1.54, 1.807) is 6.07 Å². The fourth-order valence-electron chi connectivity index (χ4n) is 1.66. The lowest BCUT2D eigenvalue weighted by Crippen LogP contribution is -2.26. The van der Waals surface area contributed by atoms with Crippen molar-refractivity contribution in [3.63, 3.8) is 0 Å². The largest absolute Gasteiger partial charge is 0.399 e. The number of anilines is 2. The van der Waals surface area contributed by atoms with Gasteiger partial charge in [-0.05, 0) is 31.7 Å². The second kappa shape index (κ2) is 4.27. The van der Waals surface area contributed by atoms with Crippen LogP contribution in [0.15, 0.2) is 12.1 Å². The van der Waals surface area contributed by atoms with Crippen molar-refractivity contribution in [2.45, 2.75) is 19.8 Å². The lowest BCUT2D eigenvalue weighted by molar-refractivity contribution is 0.732. The van der Waals surface area contributed by atoms with Crippen LogP contribution in [-0.2, 0) is 0 Å². The minimum atomic E-state index is 0.472. The molecule has 1 aromatic heterocycles. The third-order valence-electron chi connectivity index (χ3n) is 2.68. The zero-order valence-electron chi connectivity index (χ0n) is 8.91. The molecule has 82 valence electrons. The van der Waals surface area contributed by atoms with E-state index in [2.05, 4.69) is 16.8 Å². The Morgan fingerprint density at radius 1 is 1.53 bits per heavy atom. The molecule has 0 atom stereocenters. The fraction of sp³-hybridized carbons (Fsp3) is 0.545. The first-order chi connectivity index (χ1) is 7.19. The maximum Gasteiger partial charge on any atom is 0.133 e. The minimum absolute atomic E-state index is 0.472. The predicted octanol–water partition coefficient (Wildman–Crippen LogP) is 2.55. The van der Waals surface area contributed by atoms with Crippen molar-refractivity contribution in [2.24, 2.45) is 5.92 Å². The highest BCUT2D eigenvalue weighted by Gasteiger charge is 2.24. The number of nitrogens with zero attached hydrogens (tertiary/aromatic N) is 2. The van der Waals surface area contributed by atoms with Crippen molar-refractivity contribution in [1.29, 1.82) is 0 Å². The number of hydrogen-bond donors (Lipinski definition) is 1. The molecule has 0 radical (unpaired) electrons. The molecule has 1 fully saturated rings. The fourth-order valence-corrected chi connectivity index (χ4v) is 1.87. The average molecular weight is 226 g/mol. The number of aromatic nitrogens is 1. The average Bonchev–Trinajstić information content (AvgIpc) is 2.96. The molecule has 0 aromatic carbocycles. The summed E-state index contributed by atoms with van der Waals surface area (Å²) in [4.78, 5) is 6.53. The Morgan fingerprint density at radius 2 is 2.27 bits per heavy atom. The van der Waals surface area contributed by atoms with Crippen LogP contribution in [0.4, 0.5) is 11.5 Å². The predicted molar refractivity (Wildman–Crippen MR) is 64.3 cm³/mol. The van der Waals surface area contributed by atoms with Crippen molar-refractivity contribution in [1.82, 2.24) is 4.98 Å². The van der Waals surface area contributed by atoms with Crippen molar-refractivity contribution < 1.29 is 0 Å². The van der Waals surface area contributed by atoms with Crippen LogP contribution >= 0.6 is 11.6 Å². The Bertz CT molecular complexity index is 329. The van der Waals surface area contributed by atoms with Crippen molar-refractivity contribution >= 4 is 23.1 Å². The first-order valence-corrected chi connectivity index (χ1v) is 5.75. The van der Waals surface area contributed by atoms with Gasteiger partial charge in [-0.15, -0.1) is 0 Å². The van der Waals surface area contributed by atoms with Crippen LogP contribution in [0.3, 0.4) is 0 Å². The molecule has 0 bridgehead atoms. The molecule has 0 amide bonds. The summed E-state index contributed by atoms with van der Waals surface area (Å²) in [6.45, 7) is 4.15. The van der Waals surface area contributed by atoms with E-state index < -0.39 is 0 Å². The van der Waals surface area contributed by atoms with Crippen LogP contribution in [0.25, 0.3) is 0 Å². The summed E-state index contributed by atoms with van der Waals surface area (Å²) in [6.07, 6.45) is 2.68. The molecule has 1 saturated carbocycles. The minimum Gasteiger partial charge on any atom is -0.399 e. The smallest absolute Gasteiger partial charge is 0.133 e. The number of nitrogen functional groups attached to an aromatic ring is 1. The van der Waals surface area contributed by atoms with Crippen LogP contribution in [0.5, 0.6) is 0 Å². The molecule has 0 saturated heterocycles. The van der Waals surface area contributed by atoms with Crippen molar-refractivity contribution in [2.75, 3.05) is 23.7 Å². The van der Waals surface area contributed by atoms with Crippen molar-refractivity contribution in [3.05, 3.63) is 17.3 Å². The molecule has 1 heterocycles. The third kappa shape index (κ3) is 2.75. The highest BCUT2D eigenvalue weighted by atomic mass is 35.5. The quantitative estimate of drug-likeness (QED) is 0.801. The first kappa shape index (κ1) is 10.6. The summed E-state index contributed by atoms with van der Waals surface area (Å²) < 4.78 is 0. The second-order valence-electron chi connectivity index (χ2n) is 4.06. The van der Waals surface area contributed by atoms with Gasteiger partial charge in [-0.2, -0.15) is 0 Å². The lowest BCUT2D eigenvalue weighted by atomic mass is 10.3. The number of hydrogen-bond acceptors (Lipinski definition) is 3. The van der Waals surface area contributed by atoms with E-state index in [0.29, 0.717) is 10.8 Å². The molecule has 2 N–H and O–H groups in total. The highest BCUT2D eigenvalue weighted by Crippen LogP contribution is 2.31. The molecule has 15 heavy (non-hydrogen) atoms. The standard InChI is InChI=1S/C11H16ClN3/c1-2-15(7-8-3-4-8)11-6-9(13)5-10(12)14-11/h5-6,8H,2-4,7H2,1H3,(H2,13,14). The van der Waals surface area contributed by atoms with Crippen molar-refractivity contribution in [3.8, 4) is 0 Å². The van der Waals surface area contributed by atoms with Crippen LogP contribution < -0.4 is 10.6 Å². The summed E-state index contributed by atoms with van der Waals surface area (Å²) in [6, 6.07) is 3.56. The summed E-state index contributed by atoms with van der Waals surface area (Å²) in [7, 11) is 0. The Hall–Kier alpha value is -0.960. The highest BCUT2D eigenvalue weighted by molar-refractivity contribution is 6.29. The molecule has 0 unspecified atom stereocenters. The second-order valence-corrected chi connectivity index (χ2v) is 4.45. The van der Waals surface area contributed by atoms with E-state index in [-0.39, 0.29) is 0 Å². The number of pyridine rings is 1. The maximum atomic E-state index is 5.89. The van der Waals surface area contributed by atoms with E-state index >= 15 is 0 Å². The first-order valence-electron chi connectivity index (χ1n) is 5.37. The molecule has 1 aliphatic rings. The number of rotatable bonds is 4. The summed E-state index contributed by atoms with van der Waals surface area (Å²) >= 11 is 5.89. The molecule has 2 rings (SSSR count). The topological polar surface area (TPSA) is 42.1 Å². The Morgan fingerprint density at radius 3 is 2.80 bits per heavy atom. The van der Waals surface area contributed by atoms with Gasteiger partial charge in [-0.1, -0.05) is 11.6 Å². The van der Waals surface area contributed by atoms with Crippen LogP contribution in [-0.4, -0.2) is 18.1 Å². The van der Waals surface area contributed by atoms with Gasteiger partial charge in [0.2, 0.25) is 0 Å². The van der Waals surface area contributed by atoms with Gasteiger partial charge in [0.1, 0.15) is 11.0 Å². The Labute approximate surface area is 95.2 Å². The van der Waals surface area contributed by atoms with E-state index in [1.807, 2.05) is 6.07 Å². The molecular weight excluding hydrogens is 210 g/mol. The molecule has 4 heteroatoms. The monoisotopic (exact) mass is 225 g/mol. The SMILES string of the molecule is CCN(CC1CC1)c1cc(N)cc(Cl)n1. The zero-order valence-corrected chi connectivity index (χ0v) is 9.67. The molecule has 0 aliphatic heterocycles. The molecule has 3 nitrogen and oxygen atoms in total. The molecule has 0 spiro atoms. The van der Waals surface area contributed by atoms with Gasteiger partial charge >= 0.3 is 0 Å². The van der Waals surface area contributed by atoms with Gasteiger partial charge in [0, 0.05) is 24.8 Å². The zero-order chi connectivity index (χ0) is 10.8.